The molecule has 0 aliphatic carbocycles. The summed E-state index contributed by atoms with van der Waals surface area (Å²) in [5.74, 6) is 1.40. The van der Waals surface area contributed by atoms with Crippen molar-refractivity contribution in [2.45, 2.75) is 6.42 Å². The van der Waals surface area contributed by atoms with Gasteiger partial charge in [0.25, 0.3) is 0 Å². The minimum Gasteiger partial charge on any atom is -0.493 e. The van der Waals surface area contributed by atoms with E-state index in [-0.39, 0.29) is 5.15 Å². The van der Waals surface area contributed by atoms with Gasteiger partial charge in [-0.15, -0.1) is 0 Å². The summed E-state index contributed by atoms with van der Waals surface area (Å²) >= 11 is 5.89. The van der Waals surface area contributed by atoms with E-state index in [1.807, 2.05) is 18.2 Å². The summed E-state index contributed by atoms with van der Waals surface area (Å²) in [6.45, 7) is 0.657. The predicted octanol–water partition coefficient (Wildman–Crippen LogP) is 3.28. The van der Waals surface area contributed by atoms with Crippen molar-refractivity contribution in [3.05, 3.63) is 46.7 Å². The molecule has 114 valence electrons. The van der Waals surface area contributed by atoms with Crippen molar-refractivity contribution >= 4 is 17.3 Å². The highest BCUT2D eigenvalue weighted by molar-refractivity contribution is 6.30. The van der Waals surface area contributed by atoms with E-state index >= 15 is 0 Å². The van der Waals surface area contributed by atoms with E-state index in [4.69, 9.17) is 26.3 Å². The van der Waals surface area contributed by atoms with Gasteiger partial charge in [-0.2, -0.15) is 5.26 Å². The maximum Gasteiger partial charge on any atom is 0.160 e. The van der Waals surface area contributed by atoms with E-state index < -0.39 is 0 Å². The Kier molecular flexibility index (Phi) is 5.45. The minimum atomic E-state index is 0.207. The number of nitrogens with zero attached hydrogens (tertiary/aromatic N) is 2. The van der Waals surface area contributed by atoms with Crippen LogP contribution in [-0.4, -0.2) is 25.7 Å². The van der Waals surface area contributed by atoms with Crippen LogP contribution in [0.5, 0.6) is 11.5 Å². The maximum absolute atomic E-state index is 9.10. The number of pyridine rings is 1. The van der Waals surface area contributed by atoms with Crippen molar-refractivity contribution in [3.63, 3.8) is 0 Å². The highest BCUT2D eigenvalue weighted by atomic mass is 35.5. The monoisotopic (exact) mass is 317 g/mol. The second kappa shape index (κ2) is 7.53. The van der Waals surface area contributed by atoms with Gasteiger partial charge in [0.15, 0.2) is 11.5 Å². The summed E-state index contributed by atoms with van der Waals surface area (Å²) in [7, 11) is 3.22. The van der Waals surface area contributed by atoms with E-state index in [0.717, 1.165) is 12.0 Å². The average Bonchev–Trinajstić information content (AvgIpc) is 2.55. The molecule has 0 atom stereocenters. The lowest BCUT2D eigenvalue weighted by Gasteiger charge is -2.11. The summed E-state index contributed by atoms with van der Waals surface area (Å²) in [5, 5.41) is 12.5. The molecule has 0 unspecified atom stereocenters. The molecule has 0 fully saturated rings. The standard InChI is InChI=1S/C16H16ClN3O2/c1-21-14-4-3-11(9-15(14)22-2)5-7-19-13-6-8-20-16(17)12(13)10-18/h3-4,6,8-9H,5,7H2,1-2H3,(H,19,20). The zero-order chi connectivity index (χ0) is 15.9. The van der Waals surface area contributed by atoms with Crippen LogP contribution in [0.2, 0.25) is 5.15 Å². The molecule has 1 N–H and O–H groups in total. The molecule has 6 heteroatoms. The minimum absolute atomic E-state index is 0.207. The molecule has 0 saturated heterocycles. The fraction of sp³-hybridized carbons (Fsp3) is 0.250. The number of anilines is 1. The molecule has 0 radical (unpaired) electrons. The molecule has 0 bridgehead atoms. The van der Waals surface area contributed by atoms with Crippen molar-refractivity contribution in [2.24, 2.45) is 0 Å². The van der Waals surface area contributed by atoms with Crippen LogP contribution in [0.25, 0.3) is 0 Å². The second-order valence-electron chi connectivity index (χ2n) is 4.50. The predicted molar refractivity (Wildman–Crippen MR) is 85.7 cm³/mol. The van der Waals surface area contributed by atoms with Gasteiger partial charge in [-0.05, 0) is 30.2 Å². The molecule has 5 nitrogen and oxygen atoms in total. The highest BCUT2D eigenvalue weighted by Gasteiger charge is 2.08. The van der Waals surface area contributed by atoms with E-state index in [1.54, 1.807) is 26.5 Å². The molecule has 0 spiro atoms. The number of benzene rings is 1. The third-order valence-corrected chi connectivity index (χ3v) is 3.48. The molecule has 0 amide bonds. The first-order valence-electron chi connectivity index (χ1n) is 6.69. The number of nitriles is 1. The van der Waals surface area contributed by atoms with Crippen LogP contribution in [0, 0.1) is 11.3 Å². The van der Waals surface area contributed by atoms with E-state index in [1.165, 1.54) is 0 Å². The number of rotatable bonds is 6. The number of aromatic nitrogens is 1. The number of halogens is 1. The Morgan fingerprint density at radius 3 is 2.68 bits per heavy atom. The van der Waals surface area contributed by atoms with E-state index in [9.17, 15) is 0 Å². The second-order valence-corrected chi connectivity index (χ2v) is 4.86. The zero-order valence-corrected chi connectivity index (χ0v) is 13.1. The first kappa shape index (κ1) is 15.9. The van der Waals surface area contributed by atoms with Gasteiger partial charge in [0, 0.05) is 12.7 Å². The SMILES string of the molecule is COc1ccc(CCNc2ccnc(Cl)c2C#N)cc1OC. The lowest BCUT2D eigenvalue weighted by molar-refractivity contribution is 0.354. The zero-order valence-electron chi connectivity index (χ0n) is 12.4. The number of ether oxygens (including phenoxy) is 2. The molecule has 2 rings (SSSR count). The van der Waals surface area contributed by atoms with Gasteiger partial charge in [-0.25, -0.2) is 4.98 Å². The molecule has 1 aromatic carbocycles. The molecule has 0 aliphatic rings. The molecule has 22 heavy (non-hydrogen) atoms. The summed E-state index contributed by atoms with van der Waals surface area (Å²) in [4.78, 5) is 3.89. The Morgan fingerprint density at radius 1 is 1.23 bits per heavy atom. The van der Waals surface area contributed by atoms with Crippen LogP contribution in [0.15, 0.2) is 30.5 Å². The topological polar surface area (TPSA) is 67.2 Å². The molecular weight excluding hydrogens is 302 g/mol. The first-order chi connectivity index (χ1) is 10.7. The first-order valence-corrected chi connectivity index (χ1v) is 7.06. The number of hydrogen-bond acceptors (Lipinski definition) is 5. The number of nitrogens with one attached hydrogen (secondary N) is 1. The van der Waals surface area contributed by atoms with Gasteiger partial charge in [0.2, 0.25) is 0 Å². The van der Waals surface area contributed by atoms with Crippen molar-refractivity contribution in [2.75, 3.05) is 26.1 Å². The lowest BCUT2D eigenvalue weighted by Crippen LogP contribution is -2.07. The maximum atomic E-state index is 9.10. The normalized spacial score (nSPS) is 9.91. The largest absolute Gasteiger partial charge is 0.493 e. The number of methoxy groups -OCH3 is 2. The fourth-order valence-electron chi connectivity index (χ4n) is 2.07. The third-order valence-electron chi connectivity index (χ3n) is 3.19. The Morgan fingerprint density at radius 2 is 2.00 bits per heavy atom. The van der Waals surface area contributed by atoms with Crippen LogP contribution in [0.3, 0.4) is 0 Å². The Hall–Kier alpha value is -2.45. The van der Waals surface area contributed by atoms with E-state index in [0.29, 0.717) is 29.3 Å². The Bertz CT molecular complexity index is 698. The third kappa shape index (κ3) is 3.60. The van der Waals surface area contributed by atoms with Gasteiger partial charge < -0.3 is 14.8 Å². The van der Waals surface area contributed by atoms with Gasteiger partial charge in [-0.1, -0.05) is 17.7 Å². The van der Waals surface area contributed by atoms with Gasteiger partial charge in [-0.3, -0.25) is 0 Å². The van der Waals surface area contributed by atoms with Crippen LogP contribution < -0.4 is 14.8 Å². The van der Waals surface area contributed by atoms with Gasteiger partial charge >= 0.3 is 0 Å². The average molecular weight is 318 g/mol. The summed E-state index contributed by atoms with van der Waals surface area (Å²) < 4.78 is 10.5. The van der Waals surface area contributed by atoms with Crippen LogP contribution in [0.4, 0.5) is 5.69 Å². The molecule has 2 aromatic rings. The summed E-state index contributed by atoms with van der Waals surface area (Å²) in [5.41, 5.74) is 2.14. The van der Waals surface area contributed by atoms with Crippen LogP contribution in [0.1, 0.15) is 11.1 Å². The highest BCUT2D eigenvalue weighted by Crippen LogP contribution is 2.28. The van der Waals surface area contributed by atoms with Crippen molar-refractivity contribution in [3.8, 4) is 17.6 Å². The van der Waals surface area contributed by atoms with E-state index in [2.05, 4.69) is 16.4 Å². The van der Waals surface area contributed by atoms with Crippen LogP contribution >= 0.6 is 11.6 Å². The van der Waals surface area contributed by atoms with Crippen LogP contribution in [-0.2, 0) is 6.42 Å². The smallest absolute Gasteiger partial charge is 0.160 e. The number of hydrogen-bond donors (Lipinski definition) is 1. The van der Waals surface area contributed by atoms with Gasteiger partial charge in [0.05, 0.1) is 19.9 Å². The summed E-state index contributed by atoms with van der Waals surface area (Å²) in [6.07, 6.45) is 2.34. The Balaban J connectivity index is 2.03. The molecule has 0 saturated carbocycles. The fourth-order valence-corrected chi connectivity index (χ4v) is 2.27. The quantitative estimate of drug-likeness (QED) is 0.828. The van der Waals surface area contributed by atoms with Gasteiger partial charge in [0.1, 0.15) is 16.8 Å². The Labute approximate surface area is 134 Å². The summed E-state index contributed by atoms with van der Waals surface area (Å²) in [6, 6.07) is 9.58. The molecule has 1 heterocycles. The molecular formula is C16H16ClN3O2. The molecule has 1 aromatic heterocycles. The van der Waals surface area contributed by atoms with Crippen molar-refractivity contribution < 1.29 is 9.47 Å². The van der Waals surface area contributed by atoms with Crippen molar-refractivity contribution in [1.29, 1.82) is 5.26 Å². The molecule has 0 aliphatic heterocycles. The lowest BCUT2D eigenvalue weighted by atomic mass is 10.1. The van der Waals surface area contributed by atoms with Crippen molar-refractivity contribution in [1.82, 2.24) is 4.98 Å².